The fourth-order valence-corrected chi connectivity index (χ4v) is 2.41. The molecular weight excluding hydrogens is 318 g/mol. The minimum Gasteiger partial charge on any atom is -0.454 e. The number of benzene rings is 2. The summed E-state index contributed by atoms with van der Waals surface area (Å²) in [5.41, 5.74) is 1.70. The first-order chi connectivity index (χ1) is 11.2. The maximum absolute atomic E-state index is 12.0. The molecule has 0 radical (unpaired) electrons. The van der Waals surface area contributed by atoms with Crippen LogP contribution in [-0.2, 0) is 9.53 Å². The van der Waals surface area contributed by atoms with Crippen LogP contribution in [0.1, 0.15) is 11.1 Å². The molecule has 0 aromatic heterocycles. The van der Waals surface area contributed by atoms with Gasteiger partial charge in [-0.05, 0) is 48.0 Å². The number of carbonyl (C=O) groups is 1. The summed E-state index contributed by atoms with van der Waals surface area (Å²) in [4.78, 5) is 16.2. The van der Waals surface area contributed by atoms with E-state index in [0.717, 1.165) is 5.56 Å². The number of ether oxygens (including phenoxy) is 3. The van der Waals surface area contributed by atoms with E-state index < -0.39 is 5.97 Å². The number of hydrogen-bond donors (Lipinski definition) is 0. The normalized spacial score (nSPS) is 17.3. The number of hydrogen-bond acceptors (Lipinski definition) is 5. The zero-order valence-corrected chi connectivity index (χ0v) is 12.5. The van der Waals surface area contributed by atoms with Gasteiger partial charge >= 0.3 is 5.97 Å². The Labute approximate surface area is 136 Å². The number of esters is 1. The molecule has 23 heavy (non-hydrogen) atoms. The van der Waals surface area contributed by atoms with Gasteiger partial charge in [-0.15, -0.1) is 0 Å². The molecule has 0 saturated carbocycles. The van der Waals surface area contributed by atoms with E-state index in [2.05, 4.69) is 4.99 Å². The number of carbonyl (C=O) groups excluding carboxylic acids is 1. The minimum atomic E-state index is -0.493. The van der Waals surface area contributed by atoms with Gasteiger partial charge in [0.2, 0.25) is 12.7 Å². The fourth-order valence-electron chi connectivity index (χ4n) is 2.29. The van der Waals surface area contributed by atoms with Crippen LogP contribution in [0.3, 0.4) is 0 Å². The second-order valence-corrected chi connectivity index (χ2v) is 5.39. The van der Waals surface area contributed by atoms with E-state index in [1.165, 1.54) is 0 Å². The quantitative estimate of drug-likeness (QED) is 0.626. The summed E-state index contributed by atoms with van der Waals surface area (Å²) < 4.78 is 15.8. The third-order valence-electron chi connectivity index (χ3n) is 3.41. The highest BCUT2D eigenvalue weighted by Gasteiger charge is 2.24. The molecule has 0 spiro atoms. The Kier molecular flexibility index (Phi) is 3.28. The molecule has 2 aromatic rings. The average Bonchev–Trinajstić information content (AvgIpc) is 3.15. The molecule has 6 heteroatoms. The zero-order chi connectivity index (χ0) is 15.8. The molecule has 2 aromatic carbocycles. The molecule has 0 unspecified atom stereocenters. The van der Waals surface area contributed by atoms with E-state index in [-0.39, 0.29) is 18.4 Å². The molecule has 0 fully saturated rings. The largest absolute Gasteiger partial charge is 0.454 e. The van der Waals surface area contributed by atoms with Crippen molar-refractivity contribution in [3.63, 3.8) is 0 Å². The molecule has 0 amide bonds. The SMILES string of the molecule is O=C1OC(c2ccc(Cl)cc2)=N/C1=C\c1ccc2c(c1)OCO2. The highest BCUT2D eigenvalue weighted by molar-refractivity contribution is 6.30. The van der Waals surface area contributed by atoms with Crippen LogP contribution in [0.25, 0.3) is 6.08 Å². The average molecular weight is 328 g/mol. The zero-order valence-electron chi connectivity index (χ0n) is 11.8. The van der Waals surface area contributed by atoms with Crippen LogP contribution in [-0.4, -0.2) is 18.7 Å². The van der Waals surface area contributed by atoms with Crippen molar-refractivity contribution in [2.24, 2.45) is 4.99 Å². The predicted octanol–water partition coefficient (Wildman–Crippen LogP) is 3.41. The Morgan fingerprint density at radius 1 is 1.04 bits per heavy atom. The Morgan fingerprint density at radius 2 is 1.83 bits per heavy atom. The van der Waals surface area contributed by atoms with E-state index in [0.29, 0.717) is 22.1 Å². The van der Waals surface area contributed by atoms with Crippen LogP contribution in [0.4, 0.5) is 0 Å². The van der Waals surface area contributed by atoms with Gasteiger partial charge in [-0.2, -0.15) is 0 Å². The molecule has 0 aliphatic carbocycles. The van der Waals surface area contributed by atoms with Crippen LogP contribution in [0.15, 0.2) is 53.2 Å². The number of nitrogens with zero attached hydrogens (tertiary/aromatic N) is 1. The van der Waals surface area contributed by atoms with Crippen molar-refractivity contribution in [1.82, 2.24) is 0 Å². The molecule has 114 valence electrons. The number of halogens is 1. The van der Waals surface area contributed by atoms with Crippen molar-refractivity contribution < 1.29 is 19.0 Å². The Morgan fingerprint density at radius 3 is 2.65 bits per heavy atom. The first-order valence-electron chi connectivity index (χ1n) is 6.87. The maximum Gasteiger partial charge on any atom is 0.363 e. The molecule has 2 aliphatic heterocycles. The van der Waals surface area contributed by atoms with Gasteiger partial charge < -0.3 is 14.2 Å². The number of cyclic esters (lactones) is 1. The monoisotopic (exact) mass is 327 g/mol. The molecule has 0 atom stereocenters. The van der Waals surface area contributed by atoms with Crippen molar-refractivity contribution in [3.8, 4) is 11.5 Å². The van der Waals surface area contributed by atoms with Gasteiger partial charge in [-0.1, -0.05) is 17.7 Å². The summed E-state index contributed by atoms with van der Waals surface area (Å²) in [6, 6.07) is 12.3. The molecule has 5 nitrogen and oxygen atoms in total. The van der Waals surface area contributed by atoms with Crippen molar-refractivity contribution in [3.05, 3.63) is 64.3 Å². The van der Waals surface area contributed by atoms with Crippen molar-refractivity contribution in [1.29, 1.82) is 0 Å². The Bertz CT molecular complexity index is 855. The lowest BCUT2D eigenvalue weighted by Crippen LogP contribution is -2.05. The molecular formula is C17H10ClNO4. The minimum absolute atomic E-state index is 0.205. The van der Waals surface area contributed by atoms with Crippen molar-refractivity contribution in [2.45, 2.75) is 0 Å². The summed E-state index contributed by atoms with van der Waals surface area (Å²) in [6.45, 7) is 0.205. The van der Waals surface area contributed by atoms with Gasteiger partial charge in [0.25, 0.3) is 0 Å². The Balaban J connectivity index is 1.65. The van der Waals surface area contributed by atoms with E-state index >= 15 is 0 Å². The van der Waals surface area contributed by atoms with Crippen LogP contribution < -0.4 is 9.47 Å². The molecule has 0 N–H and O–H groups in total. The lowest BCUT2D eigenvalue weighted by atomic mass is 10.1. The first kappa shape index (κ1) is 13.8. The third-order valence-corrected chi connectivity index (χ3v) is 3.66. The summed E-state index contributed by atoms with van der Waals surface area (Å²) >= 11 is 5.85. The van der Waals surface area contributed by atoms with Gasteiger partial charge in [-0.3, -0.25) is 0 Å². The van der Waals surface area contributed by atoms with Crippen LogP contribution in [0, 0.1) is 0 Å². The fraction of sp³-hybridized carbons (Fsp3) is 0.0588. The molecule has 2 heterocycles. The van der Waals surface area contributed by atoms with Gasteiger partial charge in [0.05, 0.1) is 0 Å². The molecule has 0 saturated heterocycles. The molecule has 2 aliphatic rings. The van der Waals surface area contributed by atoms with Gasteiger partial charge in [-0.25, -0.2) is 9.79 Å². The predicted molar refractivity (Wildman–Crippen MR) is 84.6 cm³/mol. The van der Waals surface area contributed by atoms with Crippen LogP contribution >= 0.6 is 11.6 Å². The van der Waals surface area contributed by atoms with E-state index in [1.54, 1.807) is 42.5 Å². The number of rotatable bonds is 2. The van der Waals surface area contributed by atoms with Crippen molar-refractivity contribution in [2.75, 3.05) is 6.79 Å². The topological polar surface area (TPSA) is 57.1 Å². The first-order valence-corrected chi connectivity index (χ1v) is 7.25. The van der Waals surface area contributed by atoms with E-state index in [9.17, 15) is 4.79 Å². The van der Waals surface area contributed by atoms with E-state index in [4.69, 9.17) is 25.8 Å². The lowest BCUT2D eigenvalue weighted by molar-refractivity contribution is -0.129. The van der Waals surface area contributed by atoms with Gasteiger partial charge in [0, 0.05) is 10.6 Å². The highest BCUT2D eigenvalue weighted by atomic mass is 35.5. The highest BCUT2D eigenvalue weighted by Crippen LogP contribution is 2.33. The van der Waals surface area contributed by atoms with Crippen LogP contribution in [0.5, 0.6) is 11.5 Å². The maximum atomic E-state index is 12.0. The third kappa shape index (κ3) is 2.66. The van der Waals surface area contributed by atoms with Gasteiger partial charge in [0.15, 0.2) is 17.2 Å². The lowest BCUT2D eigenvalue weighted by Gasteiger charge is -1.98. The van der Waals surface area contributed by atoms with Crippen molar-refractivity contribution >= 4 is 29.5 Å². The summed E-state index contributed by atoms with van der Waals surface area (Å²) in [5.74, 6) is 1.10. The van der Waals surface area contributed by atoms with E-state index in [1.807, 2.05) is 6.07 Å². The summed E-state index contributed by atoms with van der Waals surface area (Å²) in [6.07, 6.45) is 1.65. The summed E-state index contributed by atoms with van der Waals surface area (Å²) in [5, 5.41) is 0.606. The van der Waals surface area contributed by atoms with Crippen LogP contribution in [0.2, 0.25) is 5.02 Å². The second kappa shape index (κ2) is 5.44. The molecule has 4 rings (SSSR count). The number of aliphatic imine (C=N–C) groups is 1. The van der Waals surface area contributed by atoms with Gasteiger partial charge in [0.1, 0.15) is 0 Å². The molecule has 0 bridgehead atoms. The summed E-state index contributed by atoms with van der Waals surface area (Å²) in [7, 11) is 0. The standard InChI is InChI=1S/C17H10ClNO4/c18-12-4-2-11(3-5-12)16-19-13(17(20)23-16)7-10-1-6-14-15(8-10)22-9-21-14/h1-8H,9H2/b13-7-. The number of fused-ring (bicyclic) bond motifs is 1. The Hall–Kier alpha value is -2.79. The second-order valence-electron chi connectivity index (χ2n) is 4.96. The smallest absolute Gasteiger partial charge is 0.363 e.